The third-order valence-electron chi connectivity index (χ3n) is 15.0. The van der Waals surface area contributed by atoms with Crippen molar-refractivity contribution in [2.45, 2.75) is 101 Å². The Morgan fingerprint density at radius 1 is 0.508 bits per heavy atom. The van der Waals surface area contributed by atoms with E-state index in [0.717, 1.165) is 150 Å². The predicted octanol–water partition coefficient (Wildman–Crippen LogP) is 9.81. The van der Waals surface area contributed by atoms with Crippen molar-refractivity contribution in [1.82, 2.24) is 19.6 Å². The van der Waals surface area contributed by atoms with Gasteiger partial charge in [-0.15, -0.1) is 0 Å². The number of amides is 2. The molecule has 11 rings (SSSR count). The SMILES string of the molecule is O=C([C@@H](c1ccccc1)N1CCCC1)N1CCC[C@H]1C1=Nc2cc(CN(Cc3ccc4c(c3)N=C([C@@H]3CCCN3C(=O)[C@@H](c3ccccc3)N3CCCC3)C4)c3ccccc3)ccc2C1. The number of para-hydroxylation sites is 1. The van der Waals surface area contributed by atoms with Gasteiger partial charge in [-0.25, -0.2) is 0 Å². The number of aliphatic imine (C=N–C) groups is 2. The van der Waals surface area contributed by atoms with Crippen LogP contribution in [0.4, 0.5) is 17.1 Å². The average molecular weight is 864 g/mol. The summed E-state index contributed by atoms with van der Waals surface area (Å²) in [6.07, 6.45) is 10.1. The fourth-order valence-corrected chi connectivity index (χ4v) is 11.8. The molecule has 9 heteroatoms. The molecular weight excluding hydrogens is 803 g/mol. The highest BCUT2D eigenvalue weighted by atomic mass is 16.2. The van der Waals surface area contributed by atoms with Crippen LogP contribution in [0.3, 0.4) is 0 Å². The molecule has 0 N–H and O–H groups in total. The second-order valence-corrected chi connectivity index (χ2v) is 19.2. The molecule has 6 heterocycles. The van der Waals surface area contributed by atoms with E-state index in [9.17, 15) is 9.59 Å². The van der Waals surface area contributed by atoms with Gasteiger partial charge in [0.1, 0.15) is 12.1 Å². The molecule has 0 saturated carbocycles. The number of hydrogen-bond donors (Lipinski definition) is 0. The number of hydrogen-bond acceptors (Lipinski definition) is 7. The van der Waals surface area contributed by atoms with Gasteiger partial charge < -0.3 is 14.7 Å². The van der Waals surface area contributed by atoms with Gasteiger partial charge in [0.05, 0.1) is 23.5 Å². The topological polar surface area (TPSA) is 75.1 Å². The Balaban J connectivity index is 0.801. The van der Waals surface area contributed by atoms with E-state index in [4.69, 9.17) is 9.98 Å². The summed E-state index contributed by atoms with van der Waals surface area (Å²) in [7, 11) is 0. The average Bonchev–Trinajstić information content (AvgIpc) is 4.21. The van der Waals surface area contributed by atoms with Gasteiger partial charge in [-0.1, -0.05) is 103 Å². The van der Waals surface area contributed by atoms with Gasteiger partial charge >= 0.3 is 0 Å². The maximum Gasteiger partial charge on any atom is 0.245 e. The second-order valence-electron chi connectivity index (χ2n) is 19.2. The standard InChI is InChI=1S/C56H61N7O2/c64-55(53(59-28-10-11-29-59)42-16-4-1-5-17-42)62-32-14-22-51(62)49-36-44-26-24-40(34-47(44)57-49)38-61(46-20-8-3-9-21-46)39-41-25-27-45-37-50(58-48(45)35-41)52-23-15-33-63(52)56(65)54(60-30-12-13-31-60)43-18-6-2-7-19-43/h1-9,16-21,24-27,34-35,51-54H,10-15,22-23,28-33,36-39H2/t51-,52-,53+,54+/m0/s1. The molecule has 4 saturated heterocycles. The fraction of sp³-hybridized carbons (Fsp3) is 0.393. The first-order chi connectivity index (χ1) is 32.0. The molecule has 9 nitrogen and oxygen atoms in total. The normalized spacial score (nSPS) is 21.6. The van der Waals surface area contributed by atoms with E-state index in [1.165, 1.54) is 27.9 Å². The minimum absolute atomic E-state index is 0.0364. The number of benzene rings is 5. The number of anilines is 1. The molecular formula is C56H61N7O2. The van der Waals surface area contributed by atoms with Crippen molar-refractivity contribution in [3.8, 4) is 0 Å². The first kappa shape index (κ1) is 41.8. The van der Waals surface area contributed by atoms with Crippen molar-refractivity contribution in [2.24, 2.45) is 9.98 Å². The van der Waals surface area contributed by atoms with Crippen molar-refractivity contribution in [3.63, 3.8) is 0 Å². The van der Waals surface area contributed by atoms with Crippen LogP contribution in [0.25, 0.3) is 0 Å². The molecule has 332 valence electrons. The van der Waals surface area contributed by atoms with Gasteiger partial charge in [-0.2, -0.15) is 0 Å². The predicted molar refractivity (Wildman–Crippen MR) is 260 cm³/mol. The summed E-state index contributed by atoms with van der Waals surface area (Å²) in [6, 6.07) is 44.7. The molecule has 0 aromatic heterocycles. The maximum absolute atomic E-state index is 14.5. The Hall–Kier alpha value is -5.90. The van der Waals surface area contributed by atoms with Crippen molar-refractivity contribution in [3.05, 3.63) is 161 Å². The molecule has 6 aliphatic rings. The van der Waals surface area contributed by atoms with Crippen LogP contribution in [-0.2, 0) is 35.5 Å². The van der Waals surface area contributed by atoms with Crippen molar-refractivity contribution in [1.29, 1.82) is 0 Å². The minimum atomic E-state index is -0.232. The molecule has 4 fully saturated rings. The summed E-state index contributed by atoms with van der Waals surface area (Å²) in [4.78, 5) is 51.2. The highest BCUT2D eigenvalue weighted by Gasteiger charge is 2.42. The van der Waals surface area contributed by atoms with E-state index in [1.54, 1.807) is 0 Å². The van der Waals surface area contributed by atoms with Crippen LogP contribution in [-0.4, -0.2) is 94.2 Å². The fourth-order valence-electron chi connectivity index (χ4n) is 11.8. The highest BCUT2D eigenvalue weighted by Crippen LogP contribution is 2.38. The third kappa shape index (κ3) is 8.57. The Morgan fingerprint density at radius 3 is 1.35 bits per heavy atom. The van der Waals surface area contributed by atoms with E-state index in [-0.39, 0.29) is 36.0 Å². The van der Waals surface area contributed by atoms with Gasteiger partial charge in [-0.05, 0) is 135 Å². The number of carbonyl (C=O) groups is 2. The quantitative estimate of drug-likeness (QED) is 0.118. The minimum Gasteiger partial charge on any atom is -0.363 e. The lowest BCUT2D eigenvalue weighted by Crippen LogP contribution is -2.47. The Kier molecular flexibility index (Phi) is 11.9. The zero-order valence-electron chi connectivity index (χ0n) is 37.6. The lowest BCUT2D eigenvalue weighted by atomic mass is 10.00. The Bertz CT molecular complexity index is 2410. The molecule has 5 aromatic rings. The van der Waals surface area contributed by atoms with Gasteiger partial charge in [0.2, 0.25) is 11.8 Å². The van der Waals surface area contributed by atoms with E-state index < -0.39 is 0 Å². The number of rotatable bonds is 13. The molecule has 0 bridgehead atoms. The first-order valence-electron chi connectivity index (χ1n) is 24.4. The van der Waals surface area contributed by atoms with E-state index in [1.807, 2.05) is 12.1 Å². The van der Waals surface area contributed by atoms with E-state index >= 15 is 0 Å². The van der Waals surface area contributed by atoms with Gasteiger partial charge in [-0.3, -0.25) is 29.4 Å². The van der Waals surface area contributed by atoms with Crippen LogP contribution in [0, 0.1) is 0 Å². The summed E-state index contributed by atoms with van der Waals surface area (Å²) < 4.78 is 0. The second kappa shape index (κ2) is 18.5. The van der Waals surface area contributed by atoms with Crippen molar-refractivity contribution >= 4 is 40.3 Å². The molecule has 0 radical (unpaired) electrons. The third-order valence-corrected chi connectivity index (χ3v) is 15.0. The number of fused-ring (bicyclic) bond motifs is 2. The number of likely N-dealkylation sites (tertiary alicyclic amines) is 4. The zero-order chi connectivity index (χ0) is 43.7. The molecule has 65 heavy (non-hydrogen) atoms. The summed E-state index contributed by atoms with van der Waals surface area (Å²) in [5.41, 5.74) is 12.6. The summed E-state index contributed by atoms with van der Waals surface area (Å²) in [5.74, 6) is 0.458. The largest absolute Gasteiger partial charge is 0.363 e. The molecule has 5 aromatic carbocycles. The first-order valence-corrected chi connectivity index (χ1v) is 24.4. The molecule has 0 aliphatic carbocycles. The smallest absolute Gasteiger partial charge is 0.245 e. The van der Waals surface area contributed by atoms with Crippen LogP contribution in [0.15, 0.2) is 137 Å². The Labute approximate surface area is 384 Å². The van der Waals surface area contributed by atoms with Crippen LogP contribution in [0.2, 0.25) is 0 Å². The lowest BCUT2D eigenvalue weighted by molar-refractivity contribution is -0.137. The monoisotopic (exact) mass is 863 g/mol. The molecule has 0 spiro atoms. The summed E-state index contributed by atoms with van der Waals surface area (Å²) in [6.45, 7) is 6.92. The molecule has 2 amide bonds. The Morgan fingerprint density at radius 2 is 0.923 bits per heavy atom. The van der Waals surface area contributed by atoms with Crippen LogP contribution >= 0.6 is 0 Å². The molecule has 6 aliphatic heterocycles. The van der Waals surface area contributed by atoms with Crippen LogP contribution < -0.4 is 4.90 Å². The summed E-state index contributed by atoms with van der Waals surface area (Å²) >= 11 is 0. The number of carbonyl (C=O) groups excluding carboxylic acids is 2. The molecule has 4 atom stereocenters. The van der Waals surface area contributed by atoms with Crippen molar-refractivity contribution < 1.29 is 9.59 Å². The number of nitrogens with zero attached hydrogens (tertiary/aromatic N) is 7. The van der Waals surface area contributed by atoms with Gasteiger partial charge in [0, 0.05) is 56.1 Å². The van der Waals surface area contributed by atoms with Crippen LogP contribution in [0.5, 0.6) is 0 Å². The molecule has 0 unspecified atom stereocenters. The zero-order valence-corrected chi connectivity index (χ0v) is 37.6. The highest BCUT2D eigenvalue weighted by molar-refractivity contribution is 6.02. The van der Waals surface area contributed by atoms with E-state index in [0.29, 0.717) is 0 Å². The van der Waals surface area contributed by atoms with Gasteiger partial charge in [0.25, 0.3) is 0 Å². The van der Waals surface area contributed by atoms with Crippen molar-refractivity contribution in [2.75, 3.05) is 44.2 Å². The lowest BCUT2D eigenvalue weighted by Gasteiger charge is -2.33. The maximum atomic E-state index is 14.5. The van der Waals surface area contributed by atoms with Crippen LogP contribution in [0.1, 0.15) is 96.8 Å². The van der Waals surface area contributed by atoms with E-state index in [2.05, 4.69) is 140 Å². The van der Waals surface area contributed by atoms with Gasteiger partial charge in [0.15, 0.2) is 0 Å². The summed E-state index contributed by atoms with van der Waals surface area (Å²) in [5, 5.41) is 0.